The van der Waals surface area contributed by atoms with Gasteiger partial charge >= 0.3 is 12.3 Å². The first-order valence-electron chi connectivity index (χ1n) is 10.9. The number of hydrogen-bond acceptors (Lipinski definition) is 6. The van der Waals surface area contributed by atoms with E-state index in [1.54, 1.807) is 32.0 Å². The molecule has 0 aliphatic rings. The molecule has 0 aliphatic heterocycles. The number of aryl methyl sites for hydroxylation is 2. The van der Waals surface area contributed by atoms with E-state index in [0.717, 1.165) is 11.1 Å². The lowest BCUT2D eigenvalue weighted by atomic mass is 10.00. The molecular formula is C25H26F3NO6. The highest BCUT2D eigenvalue weighted by molar-refractivity contribution is 5.91. The van der Waals surface area contributed by atoms with E-state index in [4.69, 9.17) is 13.9 Å². The normalized spacial score (nSPS) is 11.6. The monoisotopic (exact) mass is 493 g/mol. The molecule has 0 saturated heterocycles. The molecule has 3 aromatic rings. The molecule has 1 heterocycles. The molecule has 0 saturated carbocycles. The van der Waals surface area contributed by atoms with Gasteiger partial charge in [0, 0.05) is 18.8 Å². The number of carboxylic acid groups (broad SMARTS) is 1. The molecule has 10 heteroatoms. The molecule has 0 unspecified atom stereocenters. The van der Waals surface area contributed by atoms with Crippen LogP contribution in [0, 0.1) is 13.8 Å². The summed E-state index contributed by atoms with van der Waals surface area (Å²) in [7, 11) is 0. The molecule has 0 spiro atoms. The van der Waals surface area contributed by atoms with Crippen LogP contribution >= 0.6 is 0 Å². The van der Waals surface area contributed by atoms with Crippen molar-refractivity contribution in [2.45, 2.75) is 39.7 Å². The van der Waals surface area contributed by atoms with Crippen molar-refractivity contribution in [1.29, 1.82) is 0 Å². The molecule has 0 amide bonds. The molecule has 1 N–H and O–H groups in total. The number of carbonyl (C=O) groups is 1. The number of carboxylic acids is 1. The zero-order valence-corrected chi connectivity index (χ0v) is 19.4. The second kappa shape index (κ2) is 11.9. The molecule has 0 fully saturated rings. The minimum absolute atomic E-state index is 0.175. The van der Waals surface area contributed by atoms with Gasteiger partial charge in [0.15, 0.2) is 0 Å². The summed E-state index contributed by atoms with van der Waals surface area (Å²) in [6.45, 7) is 4.89. The van der Waals surface area contributed by atoms with Crippen molar-refractivity contribution in [3.8, 4) is 17.2 Å². The van der Waals surface area contributed by atoms with Gasteiger partial charge in [0.25, 0.3) is 0 Å². The van der Waals surface area contributed by atoms with Crippen LogP contribution in [0.1, 0.15) is 39.4 Å². The number of oxazole rings is 1. The van der Waals surface area contributed by atoms with Crippen molar-refractivity contribution in [2.24, 2.45) is 0 Å². The van der Waals surface area contributed by atoms with E-state index in [1.165, 1.54) is 18.2 Å². The average molecular weight is 493 g/mol. The van der Waals surface area contributed by atoms with Crippen LogP contribution in [0.4, 0.5) is 13.2 Å². The third-order valence-corrected chi connectivity index (χ3v) is 5.11. The molecule has 2 aromatic carbocycles. The van der Waals surface area contributed by atoms with Gasteiger partial charge in [-0.25, -0.2) is 9.78 Å². The summed E-state index contributed by atoms with van der Waals surface area (Å²) < 4.78 is 58.1. The molecule has 0 radical (unpaired) electrons. The zero-order valence-electron chi connectivity index (χ0n) is 19.4. The molecule has 0 aliphatic carbocycles. The minimum Gasteiger partial charge on any atom is -0.478 e. The second-order valence-corrected chi connectivity index (χ2v) is 7.78. The zero-order chi connectivity index (χ0) is 25.4. The maximum absolute atomic E-state index is 12.4. The summed E-state index contributed by atoms with van der Waals surface area (Å²) >= 11 is 0. The van der Waals surface area contributed by atoms with Gasteiger partial charge in [0.05, 0.1) is 18.8 Å². The van der Waals surface area contributed by atoms with Crippen molar-refractivity contribution in [1.82, 2.24) is 4.98 Å². The number of benzene rings is 2. The van der Waals surface area contributed by atoms with Crippen LogP contribution in [0.25, 0.3) is 11.5 Å². The van der Waals surface area contributed by atoms with E-state index in [1.807, 2.05) is 6.07 Å². The number of nitrogens with zero attached hydrogens (tertiary/aromatic N) is 1. The van der Waals surface area contributed by atoms with E-state index in [-0.39, 0.29) is 18.2 Å². The Morgan fingerprint density at radius 1 is 1.06 bits per heavy atom. The van der Waals surface area contributed by atoms with Crippen LogP contribution < -0.4 is 4.74 Å². The molecule has 188 valence electrons. The Balaban J connectivity index is 1.40. The average Bonchev–Trinajstić information content (AvgIpc) is 3.15. The maximum Gasteiger partial charge on any atom is 0.573 e. The Bertz CT molecular complexity index is 1140. The van der Waals surface area contributed by atoms with Crippen LogP contribution in [-0.2, 0) is 22.5 Å². The van der Waals surface area contributed by atoms with E-state index in [9.17, 15) is 23.1 Å². The number of aromatic carboxylic acids is 1. The predicted molar refractivity (Wildman–Crippen MR) is 120 cm³/mol. The fourth-order valence-electron chi connectivity index (χ4n) is 3.47. The first-order valence-corrected chi connectivity index (χ1v) is 10.9. The summed E-state index contributed by atoms with van der Waals surface area (Å²) in [5.41, 5.74) is 2.68. The lowest BCUT2D eigenvalue weighted by Gasteiger charge is -2.09. The van der Waals surface area contributed by atoms with E-state index in [2.05, 4.69) is 9.72 Å². The number of ether oxygens (including phenoxy) is 3. The Morgan fingerprint density at radius 3 is 2.54 bits per heavy atom. The molecule has 0 bridgehead atoms. The third-order valence-electron chi connectivity index (χ3n) is 5.11. The second-order valence-electron chi connectivity index (χ2n) is 7.78. The number of hydrogen-bond donors (Lipinski definition) is 1. The van der Waals surface area contributed by atoms with Gasteiger partial charge in [-0.1, -0.05) is 24.3 Å². The lowest BCUT2D eigenvalue weighted by Crippen LogP contribution is -2.17. The topological polar surface area (TPSA) is 91.0 Å². The number of rotatable bonds is 12. The maximum atomic E-state index is 12.4. The molecular weight excluding hydrogens is 467 g/mol. The van der Waals surface area contributed by atoms with Gasteiger partial charge in [-0.05, 0) is 56.0 Å². The first kappa shape index (κ1) is 26.2. The standard InChI is InChI=1S/C25H26F3NO6/c1-16-6-3-7-18(22(16)24(30)31)10-13-32-11-5-12-33-15-21-17(2)34-23(29-21)19-8-4-9-20(14-19)35-25(26,27)28/h3-4,6-9,14H,5,10-13,15H2,1-2H3,(H,30,31). The van der Waals surface area contributed by atoms with E-state index in [0.29, 0.717) is 55.2 Å². The predicted octanol–water partition coefficient (Wildman–Crippen LogP) is 5.72. The van der Waals surface area contributed by atoms with Gasteiger partial charge < -0.3 is 23.7 Å². The highest BCUT2D eigenvalue weighted by atomic mass is 19.4. The summed E-state index contributed by atoms with van der Waals surface area (Å²) in [4.78, 5) is 15.7. The Kier molecular flexibility index (Phi) is 8.89. The molecule has 3 rings (SSSR count). The van der Waals surface area contributed by atoms with Crippen LogP contribution in [0.15, 0.2) is 46.9 Å². The fourth-order valence-corrected chi connectivity index (χ4v) is 3.47. The molecule has 7 nitrogen and oxygen atoms in total. The number of alkyl halides is 3. The smallest absolute Gasteiger partial charge is 0.478 e. The Labute approximate surface area is 200 Å². The highest BCUT2D eigenvalue weighted by Gasteiger charge is 2.31. The van der Waals surface area contributed by atoms with Crippen LogP contribution in [0.2, 0.25) is 0 Å². The summed E-state index contributed by atoms with van der Waals surface area (Å²) in [6, 6.07) is 10.8. The number of aromatic nitrogens is 1. The van der Waals surface area contributed by atoms with Crippen molar-refractivity contribution < 1.29 is 41.7 Å². The Hall–Kier alpha value is -3.37. The summed E-state index contributed by atoms with van der Waals surface area (Å²) in [5, 5.41) is 9.36. The summed E-state index contributed by atoms with van der Waals surface area (Å²) in [6.07, 6.45) is -3.66. The molecule has 35 heavy (non-hydrogen) atoms. The SMILES string of the molecule is Cc1cccc(CCOCCCOCc2nc(-c3cccc(OC(F)(F)F)c3)oc2C)c1C(=O)O. The minimum atomic E-state index is -4.78. The van der Waals surface area contributed by atoms with Gasteiger partial charge in [0.2, 0.25) is 5.89 Å². The van der Waals surface area contributed by atoms with Gasteiger partial charge in [-0.3, -0.25) is 0 Å². The van der Waals surface area contributed by atoms with Crippen molar-refractivity contribution in [2.75, 3.05) is 19.8 Å². The highest BCUT2D eigenvalue weighted by Crippen LogP contribution is 2.28. The molecule has 0 atom stereocenters. The Morgan fingerprint density at radius 2 is 1.80 bits per heavy atom. The fraction of sp³-hybridized carbons (Fsp3) is 0.360. The van der Waals surface area contributed by atoms with Gasteiger partial charge in [-0.2, -0.15) is 0 Å². The molecule has 1 aromatic heterocycles. The van der Waals surface area contributed by atoms with Crippen LogP contribution in [0.3, 0.4) is 0 Å². The van der Waals surface area contributed by atoms with Gasteiger partial charge in [0.1, 0.15) is 17.2 Å². The quantitative estimate of drug-likeness (QED) is 0.323. The lowest BCUT2D eigenvalue weighted by molar-refractivity contribution is -0.274. The van der Waals surface area contributed by atoms with Crippen molar-refractivity contribution >= 4 is 5.97 Å². The van der Waals surface area contributed by atoms with E-state index >= 15 is 0 Å². The number of halogens is 3. The largest absolute Gasteiger partial charge is 0.573 e. The van der Waals surface area contributed by atoms with Crippen LogP contribution in [0.5, 0.6) is 5.75 Å². The summed E-state index contributed by atoms with van der Waals surface area (Å²) in [5.74, 6) is -0.620. The van der Waals surface area contributed by atoms with Gasteiger partial charge in [-0.15, -0.1) is 13.2 Å². The third kappa shape index (κ3) is 7.83. The van der Waals surface area contributed by atoms with Crippen molar-refractivity contribution in [3.63, 3.8) is 0 Å². The van der Waals surface area contributed by atoms with Crippen LogP contribution in [-0.4, -0.2) is 42.2 Å². The van der Waals surface area contributed by atoms with Crippen molar-refractivity contribution in [3.05, 3.63) is 70.6 Å². The van der Waals surface area contributed by atoms with E-state index < -0.39 is 12.3 Å². The first-order chi connectivity index (χ1) is 16.6.